The highest BCUT2D eigenvalue weighted by molar-refractivity contribution is 7.89. The van der Waals surface area contributed by atoms with Gasteiger partial charge in [0.15, 0.2) is 0 Å². The van der Waals surface area contributed by atoms with Crippen LogP contribution < -0.4 is 15.4 Å². The predicted molar refractivity (Wildman–Crippen MR) is 153 cm³/mol. The minimum atomic E-state index is -5.08. The van der Waals surface area contributed by atoms with E-state index < -0.39 is 28.2 Å². The molecule has 1 saturated heterocycles. The highest BCUT2D eigenvalue weighted by Gasteiger charge is 2.38. The van der Waals surface area contributed by atoms with Crippen molar-refractivity contribution >= 4 is 45.1 Å². The molecule has 226 valence electrons. The Morgan fingerprint density at radius 2 is 1.43 bits per heavy atom. The van der Waals surface area contributed by atoms with Gasteiger partial charge in [-0.25, -0.2) is 17.9 Å². The van der Waals surface area contributed by atoms with Crippen LogP contribution in [-0.2, 0) is 19.6 Å². The summed E-state index contributed by atoms with van der Waals surface area (Å²) in [5.74, 6) is -3.22. The van der Waals surface area contributed by atoms with E-state index >= 15 is 0 Å². The van der Waals surface area contributed by atoms with Crippen molar-refractivity contribution in [3.8, 4) is 0 Å². The van der Waals surface area contributed by atoms with E-state index in [1.165, 1.54) is 18.2 Å². The van der Waals surface area contributed by atoms with Gasteiger partial charge in [-0.05, 0) is 35.7 Å². The van der Waals surface area contributed by atoms with Gasteiger partial charge < -0.3 is 15.7 Å². The third-order valence-corrected chi connectivity index (χ3v) is 8.25. The molecule has 0 aliphatic carbocycles. The van der Waals surface area contributed by atoms with Crippen molar-refractivity contribution < 1.29 is 36.3 Å². The van der Waals surface area contributed by atoms with E-state index in [-0.39, 0.29) is 32.7 Å². The van der Waals surface area contributed by atoms with Crippen molar-refractivity contribution in [1.29, 1.82) is 0 Å². The van der Waals surface area contributed by atoms with Crippen molar-refractivity contribution in [1.82, 2.24) is 15.4 Å². The number of amides is 1. The maximum absolute atomic E-state index is 13.1. The van der Waals surface area contributed by atoms with Gasteiger partial charge in [-0.15, -0.1) is 0 Å². The largest absolute Gasteiger partial charge is 0.490 e. The molecule has 14 heteroatoms. The number of hydrogen-bond acceptors (Lipinski definition) is 5. The van der Waals surface area contributed by atoms with Gasteiger partial charge in [0.1, 0.15) is 0 Å². The lowest BCUT2D eigenvalue weighted by Gasteiger charge is -2.30. The van der Waals surface area contributed by atoms with Crippen LogP contribution in [0.2, 0.25) is 10.0 Å². The van der Waals surface area contributed by atoms with Gasteiger partial charge in [-0.2, -0.15) is 13.2 Å². The summed E-state index contributed by atoms with van der Waals surface area (Å²) >= 11 is 11.9. The minimum Gasteiger partial charge on any atom is -0.475 e. The highest BCUT2D eigenvalue weighted by atomic mass is 35.5. The molecule has 0 unspecified atom stereocenters. The number of rotatable bonds is 8. The van der Waals surface area contributed by atoms with Gasteiger partial charge in [-0.1, -0.05) is 83.9 Å². The topological polar surface area (TPSA) is 125 Å². The molecule has 1 heterocycles. The Labute approximate surface area is 251 Å². The van der Waals surface area contributed by atoms with E-state index in [4.69, 9.17) is 33.1 Å². The SMILES string of the molecule is O=C(NCC(c1ccccc1)c1ccccc1)[C@@H]1CNC[C@H](NS(=O)(=O)c2cc(Cl)cc(Cl)c2)C1.O=C(O)C(F)(F)F. The summed E-state index contributed by atoms with van der Waals surface area (Å²) in [6, 6.07) is 23.8. The summed E-state index contributed by atoms with van der Waals surface area (Å²) in [7, 11) is -3.84. The van der Waals surface area contributed by atoms with Gasteiger partial charge in [0.2, 0.25) is 15.9 Å². The zero-order chi connectivity index (χ0) is 30.9. The van der Waals surface area contributed by atoms with Crippen LogP contribution in [0.4, 0.5) is 13.2 Å². The molecular weight excluding hydrogens is 618 g/mol. The van der Waals surface area contributed by atoms with E-state index in [9.17, 15) is 26.4 Å². The molecule has 8 nitrogen and oxygen atoms in total. The fourth-order valence-corrected chi connectivity index (χ4v) is 6.32. The molecule has 0 radical (unpaired) electrons. The second kappa shape index (κ2) is 14.8. The van der Waals surface area contributed by atoms with Crippen LogP contribution in [0.15, 0.2) is 83.8 Å². The minimum absolute atomic E-state index is 0.00450. The fourth-order valence-electron chi connectivity index (χ4n) is 4.35. The maximum atomic E-state index is 13.1. The molecule has 0 bridgehead atoms. The van der Waals surface area contributed by atoms with E-state index in [2.05, 4.69) is 39.6 Å². The van der Waals surface area contributed by atoms with Gasteiger partial charge in [0.25, 0.3) is 0 Å². The Kier molecular flexibility index (Phi) is 11.8. The van der Waals surface area contributed by atoms with Crippen molar-refractivity contribution in [2.24, 2.45) is 5.92 Å². The molecule has 42 heavy (non-hydrogen) atoms. The number of carbonyl (C=O) groups is 2. The zero-order valence-electron chi connectivity index (χ0n) is 21.9. The predicted octanol–water partition coefficient (Wildman–Crippen LogP) is 4.83. The summed E-state index contributed by atoms with van der Waals surface area (Å²) < 4.78 is 60.1. The highest BCUT2D eigenvalue weighted by Crippen LogP contribution is 2.25. The molecule has 1 aliphatic heterocycles. The molecule has 3 aromatic carbocycles. The van der Waals surface area contributed by atoms with Crippen LogP contribution in [0.25, 0.3) is 0 Å². The van der Waals surface area contributed by atoms with Crippen molar-refractivity contribution in [3.63, 3.8) is 0 Å². The van der Waals surface area contributed by atoms with Gasteiger partial charge in [0, 0.05) is 41.6 Å². The number of nitrogens with one attached hydrogen (secondary N) is 3. The lowest BCUT2D eigenvalue weighted by atomic mass is 9.90. The smallest absolute Gasteiger partial charge is 0.475 e. The number of aliphatic carboxylic acids is 1. The molecule has 1 fully saturated rings. The Hall–Kier alpha value is -3.16. The van der Waals surface area contributed by atoms with Crippen molar-refractivity contribution in [3.05, 3.63) is 100 Å². The number of carbonyl (C=O) groups excluding carboxylic acids is 1. The first-order chi connectivity index (χ1) is 19.8. The van der Waals surface area contributed by atoms with Crippen LogP contribution in [-0.4, -0.2) is 57.3 Å². The number of benzene rings is 3. The monoisotopic (exact) mass is 645 g/mol. The summed E-state index contributed by atoms with van der Waals surface area (Å²) in [5, 5.41) is 13.9. The number of alkyl halides is 3. The summed E-state index contributed by atoms with van der Waals surface area (Å²) in [6.07, 6.45) is -4.70. The molecule has 2 atom stereocenters. The first kappa shape index (κ1) is 33.3. The normalized spacial score (nSPS) is 17.2. The maximum Gasteiger partial charge on any atom is 0.490 e. The second-order valence-corrected chi connectivity index (χ2v) is 12.0. The first-order valence-electron chi connectivity index (χ1n) is 12.6. The lowest BCUT2D eigenvalue weighted by molar-refractivity contribution is -0.192. The van der Waals surface area contributed by atoms with Crippen molar-refractivity contribution in [2.75, 3.05) is 19.6 Å². The number of sulfonamides is 1. The van der Waals surface area contributed by atoms with E-state index in [0.29, 0.717) is 26.1 Å². The van der Waals surface area contributed by atoms with Crippen LogP contribution >= 0.6 is 23.2 Å². The first-order valence-corrected chi connectivity index (χ1v) is 14.9. The molecule has 3 aromatic rings. The fraction of sp³-hybridized carbons (Fsp3) is 0.286. The molecule has 1 aliphatic rings. The van der Waals surface area contributed by atoms with Gasteiger partial charge in [-0.3, -0.25) is 4.79 Å². The van der Waals surface area contributed by atoms with Crippen LogP contribution in [0.3, 0.4) is 0 Å². The third kappa shape index (κ3) is 9.99. The summed E-state index contributed by atoms with van der Waals surface area (Å²) in [4.78, 5) is 22.0. The zero-order valence-corrected chi connectivity index (χ0v) is 24.3. The number of piperidine rings is 1. The summed E-state index contributed by atoms with van der Waals surface area (Å²) in [6.45, 7) is 1.35. The average molecular weight is 647 g/mol. The Balaban J connectivity index is 0.000000616. The van der Waals surface area contributed by atoms with E-state index in [1.54, 1.807) is 0 Å². The second-order valence-electron chi connectivity index (χ2n) is 9.44. The number of hydrogen-bond donors (Lipinski definition) is 4. The average Bonchev–Trinajstić information content (AvgIpc) is 2.93. The quantitative estimate of drug-likeness (QED) is 0.278. The van der Waals surface area contributed by atoms with E-state index in [1.807, 2.05) is 36.4 Å². The molecular formula is C28H28Cl2F3N3O5S. The Bertz CT molecular complexity index is 1400. The van der Waals surface area contributed by atoms with Gasteiger partial charge in [0.05, 0.1) is 10.8 Å². The molecule has 0 saturated carbocycles. The summed E-state index contributed by atoms with van der Waals surface area (Å²) in [5.41, 5.74) is 2.23. The molecule has 0 spiro atoms. The van der Waals surface area contributed by atoms with Crippen LogP contribution in [0.1, 0.15) is 23.5 Å². The number of halogens is 5. The Morgan fingerprint density at radius 3 is 1.90 bits per heavy atom. The van der Waals surface area contributed by atoms with E-state index in [0.717, 1.165) is 11.1 Å². The van der Waals surface area contributed by atoms with Crippen LogP contribution in [0, 0.1) is 5.92 Å². The third-order valence-electron chi connectivity index (χ3n) is 6.32. The Morgan fingerprint density at radius 1 is 0.929 bits per heavy atom. The number of carboxylic acids is 1. The number of carboxylic acid groups (broad SMARTS) is 1. The standard InChI is InChI=1S/C26H27Cl2N3O3S.C2HF3O2/c27-21-12-22(28)14-24(13-21)35(33,34)31-23-11-20(15-29-16-23)26(32)30-17-25(18-7-3-1-4-8-18)19-9-5-2-6-10-19;3-2(4,5)1(6)7/h1-10,12-14,20,23,25,29,31H,11,15-17H2,(H,30,32);(H,6,7)/t20-,23+;/m0./s1. The molecule has 1 amide bonds. The molecule has 0 aromatic heterocycles. The molecule has 4 N–H and O–H groups in total. The van der Waals surface area contributed by atoms with Gasteiger partial charge >= 0.3 is 12.1 Å². The lowest BCUT2D eigenvalue weighted by Crippen LogP contribution is -2.52. The van der Waals surface area contributed by atoms with Crippen LogP contribution in [0.5, 0.6) is 0 Å². The van der Waals surface area contributed by atoms with Crippen molar-refractivity contribution in [2.45, 2.75) is 29.5 Å². The molecule has 4 rings (SSSR count).